The molecule has 0 spiro atoms. The number of hydrogen-bond acceptors (Lipinski definition) is 3. The highest BCUT2D eigenvalue weighted by Gasteiger charge is 2.17. The van der Waals surface area contributed by atoms with Crippen molar-refractivity contribution in [3.63, 3.8) is 0 Å². The summed E-state index contributed by atoms with van der Waals surface area (Å²) in [7, 11) is -0.448. The Morgan fingerprint density at radius 2 is 1.81 bits per heavy atom. The number of sulfonamides is 1. The molecule has 0 saturated heterocycles. The van der Waals surface area contributed by atoms with Gasteiger partial charge in [-0.25, -0.2) is 12.7 Å². The van der Waals surface area contributed by atoms with E-state index in [0.717, 1.165) is 12.8 Å². The number of thiocarbonyl (C=S) groups is 1. The minimum absolute atomic E-state index is 0.198. The Balaban J connectivity index is 1.91. The second-order valence-electron chi connectivity index (χ2n) is 6.34. The summed E-state index contributed by atoms with van der Waals surface area (Å²) in [4.78, 5) is 0.229. The number of aryl methyl sites for hydroxylation is 1. The molecule has 2 N–H and O–H groups in total. The molecule has 0 bridgehead atoms. The van der Waals surface area contributed by atoms with Gasteiger partial charge in [0.25, 0.3) is 0 Å². The van der Waals surface area contributed by atoms with Crippen molar-refractivity contribution >= 4 is 33.0 Å². The molecule has 0 saturated carbocycles. The van der Waals surface area contributed by atoms with Crippen molar-refractivity contribution in [2.75, 3.05) is 19.4 Å². The van der Waals surface area contributed by atoms with E-state index in [1.54, 1.807) is 24.3 Å². The standard InChI is InChI=1S/C19H25N3O2S2/c1-15(12-13-16-8-5-4-6-9-16)20-19(25)21-17-10-7-11-18(14-17)26(23,24)22(2)3/h4-11,14-15H,12-13H2,1-3H3,(H2,20,21,25)/t15-/m0/s1. The molecule has 5 nitrogen and oxygen atoms in total. The number of benzene rings is 2. The fourth-order valence-electron chi connectivity index (χ4n) is 2.44. The van der Waals surface area contributed by atoms with Gasteiger partial charge in [0.1, 0.15) is 0 Å². The lowest BCUT2D eigenvalue weighted by molar-refractivity contribution is 0.521. The number of nitrogens with one attached hydrogen (secondary N) is 2. The molecule has 2 rings (SSSR count). The van der Waals surface area contributed by atoms with Crippen molar-refractivity contribution in [1.82, 2.24) is 9.62 Å². The monoisotopic (exact) mass is 391 g/mol. The largest absolute Gasteiger partial charge is 0.360 e. The molecule has 0 unspecified atom stereocenters. The van der Waals surface area contributed by atoms with Crippen molar-refractivity contribution in [3.05, 3.63) is 60.2 Å². The Hall–Kier alpha value is -1.96. The minimum Gasteiger partial charge on any atom is -0.360 e. The summed E-state index contributed by atoms with van der Waals surface area (Å²) in [5, 5.41) is 6.78. The van der Waals surface area contributed by atoms with Crippen LogP contribution >= 0.6 is 12.2 Å². The smallest absolute Gasteiger partial charge is 0.242 e. The quantitative estimate of drug-likeness (QED) is 0.710. The Bertz CT molecular complexity index is 837. The maximum atomic E-state index is 12.2. The summed E-state index contributed by atoms with van der Waals surface area (Å²) >= 11 is 5.35. The number of anilines is 1. The van der Waals surface area contributed by atoms with Gasteiger partial charge in [-0.3, -0.25) is 0 Å². The van der Waals surface area contributed by atoms with Crippen LogP contribution < -0.4 is 10.6 Å². The Morgan fingerprint density at radius 1 is 1.12 bits per heavy atom. The van der Waals surface area contributed by atoms with Gasteiger partial charge < -0.3 is 10.6 Å². The van der Waals surface area contributed by atoms with Crippen LogP contribution in [0, 0.1) is 0 Å². The molecular weight excluding hydrogens is 366 g/mol. The second kappa shape index (κ2) is 9.12. The van der Waals surface area contributed by atoms with Crippen LogP contribution in [0.3, 0.4) is 0 Å². The first kappa shape index (κ1) is 20.4. The van der Waals surface area contributed by atoms with Crippen LogP contribution in [-0.4, -0.2) is 38.0 Å². The molecule has 0 amide bonds. The van der Waals surface area contributed by atoms with Gasteiger partial charge in [-0.05, 0) is 55.7 Å². The van der Waals surface area contributed by atoms with Crippen LogP contribution in [0.5, 0.6) is 0 Å². The van der Waals surface area contributed by atoms with E-state index in [2.05, 4.69) is 29.7 Å². The maximum Gasteiger partial charge on any atom is 0.242 e. The molecule has 26 heavy (non-hydrogen) atoms. The Kier molecular flexibility index (Phi) is 7.14. The average Bonchev–Trinajstić information content (AvgIpc) is 2.61. The second-order valence-corrected chi connectivity index (χ2v) is 8.90. The first-order valence-electron chi connectivity index (χ1n) is 8.43. The van der Waals surface area contributed by atoms with E-state index in [4.69, 9.17) is 12.2 Å². The zero-order valence-corrected chi connectivity index (χ0v) is 16.9. The molecule has 0 aliphatic rings. The molecular formula is C19H25N3O2S2. The van der Waals surface area contributed by atoms with Crippen LogP contribution in [0.2, 0.25) is 0 Å². The molecule has 0 aliphatic heterocycles. The van der Waals surface area contributed by atoms with Gasteiger partial charge in [-0.2, -0.15) is 0 Å². The summed E-state index contributed by atoms with van der Waals surface area (Å²) in [5.74, 6) is 0. The maximum absolute atomic E-state index is 12.2. The van der Waals surface area contributed by atoms with Crippen molar-refractivity contribution < 1.29 is 8.42 Å². The molecule has 2 aromatic carbocycles. The summed E-state index contributed by atoms with van der Waals surface area (Å²) in [5.41, 5.74) is 1.93. The van der Waals surface area contributed by atoms with Gasteiger partial charge in [0.15, 0.2) is 5.11 Å². The number of rotatable bonds is 7. The van der Waals surface area contributed by atoms with Crippen molar-refractivity contribution in [3.8, 4) is 0 Å². The van der Waals surface area contributed by atoms with Crippen LogP contribution in [0.1, 0.15) is 18.9 Å². The zero-order valence-electron chi connectivity index (χ0n) is 15.3. The van der Waals surface area contributed by atoms with Crippen molar-refractivity contribution in [2.45, 2.75) is 30.7 Å². The van der Waals surface area contributed by atoms with Gasteiger partial charge in [0, 0.05) is 25.8 Å². The molecule has 7 heteroatoms. The first-order valence-corrected chi connectivity index (χ1v) is 10.3. The molecule has 0 heterocycles. The zero-order chi connectivity index (χ0) is 19.2. The predicted molar refractivity (Wildman–Crippen MR) is 111 cm³/mol. The minimum atomic E-state index is -3.47. The SMILES string of the molecule is C[C@@H](CCc1ccccc1)NC(=S)Nc1cccc(S(=O)(=O)N(C)C)c1. The number of hydrogen-bond donors (Lipinski definition) is 2. The van der Waals surface area contributed by atoms with E-state index in [1.165, 1.54) is 24.0 Å². The molecule has 1 atom stereocenters. The Morgan fingerprint density at radius 3 is 2.46 bits per heavy atom. The summed E-state index contributed by atoms with van der Waals surface area (Å²) in [6.07, 6.45) is 1.91. The van der Waals surface area contributed by atoms with Gasteiger partial charge in [-0.15, -0.1) is 0 Å². The molecule has 0 fully saturated rings. The number of nitrogens with zero attached hydrogens (tertiary/aromatic N) is 1. The van der Waals surface area contributed by atoms with Crippen LogP contribution in [0.4, 0.5) is 5.69 Å². The van der Waals surface area contributed by atoms with Crippen molar-refractivity contribution in [2.24, 2.45) is 0 Å². The highest BCUT2D eigenvalue weighted by Crippen LogP contribution is 2.18. The van der Waals surface area contributed by atoms with E-state index in [1.807, 2.05) is 18.2 Å². The van der Waals surface area contributed by atoms with E-state index >= 15 is 0 Å². The predicted octanol–water partition coefficient (Wildman–Crippen LogP) is 3.24. The highest BCUT2D eigenvalue weighted by molar-refractivity contribution is 7.89. The van der Waals surface area contributed by atoms with E-state index in [-0.39, 0.29) is 10.9 Å². The topological polar surface area (TPSA) is 61.4 Å². The first-order chi connectivity index (χ1) is 12.3. The van der Waals surface area contributed by atoms with Gasteiger partial charge in [-0.1, -0.05) is 36.4 Å². The fourth-order valence-corrected chi connectivity index (χ4v) is 3.70. The van der Waals surface area contributed by atoms with Crippen LogP contribution in [-0.2, 0) is 16.4 Å². The van der Waals surface area contributed by atoms with E-state index in [9.17, 15) is 8.42 Å². The third kappa shape index (κ3) is 5.79. The molecule has 0 radical (unpaired) electrons. The average molecular weight is 392 g/mol. The van der Waals surface area contributed by atoms with Gasteiger partial charge >= 0.3 is 0 Å². The molecule has 140 valence electrons. The van der Waals surface area contributed by atoms with E-state index in [0.29, 0.717) is 10.8 Å². The molecule has 0 aliphatic carbocycles. The third-order valence-electron chi connectivity index (χ3n) is 3.96. The molecule has 0 aromatic heterocycles. The van der Waals surface area contributed by atoms with E-state index < -0.39 is 10.0 Å². The highest BCUT2D eigenvalue weighted by atomic mass is 32.2. The normalized spacial score (nSPS) is 12.6. The summed E-state index contributed by atoms with van der Waals surface area (Å²) in [6.45, 7) is 2.07. The lowest BCUT2D eigenvalue weighted by Crippen LogP contribution is -2.36. The van der Waals surface area contributed by atoms with Crippen molar-refractivity contribution in [1.29, 1.82) is 0 Å². The third-order valence-corrected chi connectivity index (χ3v) is 5.99. The lowest BCUT2D eigenvalue weighted by Gasteiger charge is -2.18. The van der Waals surface area contributed by atoms with Crippen LogP contribution in [0.15, 0.2) is 59.5 Å². The van der Waals surface area contributed by atoms with Gasteiger partial charge in [0.05, 0.1) is 4.90 Å². The molecule has 2 aromatic rings. The summed E-state index contributed by atoms with van der Waals surface area (Å²) in [6, 6.07) is 17.1. The lowest BCUT2D eigenvalue weighted by atomic mass is 10.1. The van der Waals surface area contributed by atoms with Crippen LogP contribution in [0.25, 0.3) is 0 Å². The van der Waals surface area contributed by atoms with Gasteiger partial charge in [0.2, 0.25) is 10.0 Å². The fraction of sp³-hybridized carbons (Fsp3) is 0.316. The summed E-state index contributed by atoms with van der Waals surface area (Å²) < 4.78 is 25.6. The Labute approximate surface area is 161 Å².